The average molecular weight is 377 g/mol. The Morgan fingerprint density at radius 2 is 1.96 bits per heavy atom. The van der Waals surface area contributed by atoms with Crippen molar-refractivity contribution in [3.05, 3.63) is 58.6 Å². The van der Waals surface area contributed by atoms with Crippen molar-refractivity contribution in [1.82, 2.24) is 5.43 Å². The minimum atomic E-state index is -0.654. The number of methoxy groups -OCH3 is 1. The van der Waals surface area contributed by atoms with E-state index in [9.17, 15) is 4.79 Å². The summed E-state index contributed by atoms with van der Waals surface area (Å²) in [5, 5.41) is 3.93. The highest BCUT2D eigenvalue weighted by atomic mass is 79.9. The van der Waals surface area contributed by atoms with Crippen molar-refractivity contribution in [2.24, 2.45) is 5.10 Å². The fourth-order valence-corrected chi connectivity index (χ4v) is 2.02. The van der Waals surface area contributed by atoms with Crippen molar-refractivity contribution in [2.75, 3.05) is 7.11 Å². The van der Waals surface area contributed by atoms with Gasteiger partial charge >= 0.3 is 0 Å². The molecule has 1 unspecified atom stereocenters. The summed E-state index contributed by atoms with van der Waals surface area (Å²) in [5.74, 6) is 1.02. The summed E-state index contributed by atoms with van der Waals surface area (Å²) in [5.41, 5.74) is 3.28. The minimum Gasteiger partial charge on any atom is -0.497 e. The highest BCUT2D eigenvalue weighted by Crippen LogP contribution is 2.17. The lowest BCUT2D eigenvalue weighted by Crippen LogP contribution is -2.33. The van der Waals surface area contributed by atoms with E-state index in [0.717, 1.165) is 15.8 Å². The number of amides is 1. The molecule has 120 valence electrons. The van der Waals surface area contributed by atoms with Crippen molar-refractivity contribution < 1.29 is 14.3 Å². The molecule has 0 spiro atoms. The monoisotopic (exact) mass is 376 g/mol. The number of hydrogen-bond acceptors (Lipinski definition) is 4. The van der Waals surface area contributed by atoms with Crippen molar-refractivity contribution in [3.8, 4) is 11.5 Å². The lowest BCUT2D eigenvalue weighted by atomic mass is 10.2. The summed E-state index contributed by atoms with van der Waals surface area (Å²) in [7, 11) is 1.60. The van der Waals surface area contributed by atoms with Gasteiger partial charge in [0.25, 0.3) is 5.91 Å². The molecule has 5 nitrogen and oxygen atoms in total. The Morgan fingerprint density at radius 3 is 2.65 bits per heavy atom. The van der Waals surface area contributed by atoms with E-state index in [-0.39, 0.29) is 5.91 Å². The van der Waals surface area contributed by atoms with Crippen LogP contribution >= 0.6 is 15.9 Å². The van der Waals surface area contributed by atoms with Gasteiger partial charge in [0.1, 0.15) is 11.5 Å². The Hall–Kier alpha value is -2.34. The summed E-state index contributed by atoms with van der Waals surface area (Å²) >= 11 is 3.34. The molecule has 2 aromatic rings. The SMILES string of the molecule is COc1cccc(/C=N/NC(=O)C(C)Oc2ccc(Br)cc2)c1. The number of ether oxygens (including phenoxy) is 2. The zero-order chi connectivity index (χ0) is 16.7. The van der Waals surface area contributed by atoms with E-state index < -0.39 is 6.10 Å². The second-order valence-corrected chi connectivity index (χ2v) is 5.64. The van der Waals surface area contributed by atoms with Crippen LogP contribution in [-0.4, -0.2) is 25.3 Å². The molecule has 1 N–H and O–H groups in total. The molecular formula is C17H17BrN2O3. The lowest BCUT2D eigenvalue weighted by molar-refractivity contribution is -0.127. The summed E-state index contributed by atoms with van der Waals surface area (Å²) in [4.78, 5) is 11.9. The maximum absolute atomic E-state index is 11.9. The molecule has 0 fully saturated rings. The standard InChI is InChI=1S/C17H17BrN2O3/c1-12(23-15-8-6-14(18)7-9-15)17(21)20-19-11-13-4-3-5-16(10-13)22-2/h3-12H,1-2H3,(H,20,21)/b19-11+. The van der Waals surface area contributed by atoms with E-state index in [1.54, 1.807) is 32.4 Å². The average Bonchev–Trinajstić information content (AvgIpc) is 2.57. The predicted molar refractivity (Wildman–Crippen MR) is 93.0 cm³/mol. The molecule has 0 saturated heterocycles. The summed E-state index contributed by atoms with van der Waals surface area (Å²) in [6, 6.07) is 14.6. The first-order chi connectivity index (χ1) is 11.1. The topological polar surface area (TPSA) is 59.9 Å². The first-order valence-corrected chi connectivity index (χ1v) is 7.77. The molecule has 0 radical (unpaired) electrons. The van der Waals surface area contributed by atoms with Crippen molar-refractivity contribution in [2.45, 2.75) is 13.0 Å². The smallest absolute Gasteiger partial charge is 0.280 e. The van der Waals surface area contributed by atoms with Gasteiger partial charge in [0.2, 0.25) is 0 Å². The van der Waals surface area contributed by atoms with Crippen LogP contribution in [0.1, 0.15) is 12.5 Å². The van der Waals surface area contributed by atoms with Gasteiger partial charge in [-0.3, -0.25) is 4.79 Å². The maximum Gasteiger partial charge on any atom is 0.280 e. The molecule has 2 aromatic carbocycles. The number of nitrogens with one attached hydrogen (secondary N) is 1. The van der Waals surface area contributed by atoms with Crippen LogP contribution in [0.4, 0.5) is 0 Å². The van der Waals surface area contributed by atoms with Crippen LogP contribution in [-0.2, 0) is 4.79 Å². The molecule has 0 aliphatic carbocycles. The second kappa shape index (κ2) is 8.33. The van der Waals surface area contributed by atoms with Crippen LogP contribution in [0.25, 0.3) is 0 Å². The zero-order valence-corrected chi connectivity index (χ0v) is 14.4. The third-order valence-electron chi connectivity index (χ3n) is 2.98. The van der Waals surface area contributed by atoms with Crippen LogP contribution in [0.2, 0.25) is 0 Å². The van der Waals surface area contributed by atoms with Crippen molar-refractivity contribution >= 4 is 28.1 Å². The summed E-state index contributed by atoms with van der Waals surface area (Å²) < 4.78 is 11.6. The number of rotatable bonds is 6. The van der Waals surface area contributed by atoms with Crippen LogP contribution in [0.15, 0.2) is 58.1 Å². The van der Waals surface area contributed by atoms with E-state index >= 15 is 0 Å². The number of carbonyl (C=O) groups excluding carboxylic acids is 1. The molecule has 0 aliphatic rings. The molecule has 0 aliphatic heterocycles. The van der Waals surface area contributed by atoms with Gasteiger partial charge in [0.05, 0.1) is 13.3 Å². The van der Waals surface area contributed by atoms with Crippen molar-refractivity contribution in [3.63, 3.8) is 0 Å². The lowest BCUT2D eigenvalue weighted by Gasteiger charge is -2.12. The van der Waals surface area contributed by atoms with Crippen LogP contribution in [0.3, 0.4) is 0 Å². The van der Waals surface area contributed by atoms with E-state index in [1.807, 2.05) is 36.4 Å². The second-order valence-electron chi connectivity index (χ2n) is 4.72. The minimum absolute atomic E-state index is 0.327. The number of halogens is 1. The highest BCUT2D eigenvalue weighted by Gasteiger charge is 2.13. The van der Waals surface area contributed by atoms with Crippen LogP contribution < -0.4 is 14.9 Å². The molecule has 0 heterocycles. The number of hydrazone groups is 1. The largest absolute Gasteiger partial charge is 0.497 e. The molecule has 0 saturated carbocycles. The first kappa shape index (κ1) is 17.0. The van der Waals surface area contributed by atoms with Gasteiger partial charge in [-0.15, -0.1) is 0 Å². The highest BCUT2D eigenvalue weighted by molar-refractivity contribution is 9.10. The molecule has 0 aromatic heterocycles. The first-order valence-electron chi connectivity index (χ1n) is 6.97. The van der Waals surface area contributed by atoms with Crippen LogP contribution in [0.5, 0.6) is 11.5 Å². The molecular weight excluding hydrogens is 360 g/mol. The Morgan fingerprint density at radius 1 is 1.22 bits per heavy atom. The molecule has 6 heteroatoms. The molecule has 1 amide bonds. The molecule has 2 rings (SSSR count). The van der Waals surface area contributed by atoms with Gasteiger partial charge in [-0.1, -0.05) is 28.1 Å². The quantitative estimate of drug-likeness (QED) is 0.620. The maximum atomic E-state index is 11.9. The Balaban J connectivity index is 1.88. The molecule has 1 atom stereocenters. The third-order valence-corrected chi connectivity index (χ3v) is 3.51. The Labute approximate surface area is 143 Å². The van der Waals surface area contributed by atoms with Crippen LogP contribution in [0, 0.1) is 0 Å². The van der Waals surface area contributed by atoms with E-state index in [2.05, 4.69) is 26.5 Å². The number of hydrogen-bond donors (Lipinski definition) is 1. The van der Waals surface area contributed by atoms with Crippen molar-refractivity contribution in [1.29, 1.82) is 0 Å². The molecule has 23 heavy (non-hydrogen) atoms. The Kier molecular flexibility index (Phi) is 6.17. The number of nitrogens with zero attached hydrogens (tertiary/aromatic N) is 1. The fraction of sp³-hybridized carbons (Fsp3) is 0.176. The normalized spacial score (nSPS) is 12.0. The van der Waals surface area contributed by atoms with E-state index in [0.29, 0.717) is 5.75 Å². The summed E-state index contributed by atoms with van der Waals surface area (Å²) in [6.45, 7) is 1.67. The third kappa shape index (κ3) is 5.41. The van der Waals surface area contributed by atoms with Gasteiger partial charge in [0.15, 0.2) is 6.10 Å². The van der Waals surface area contributed by atoms with Gasteiger partial charge in [-0.05, 0) is 48.9 Å². The predicted octanol–water partition coefficient (Wildman–Crippen LogP) is 3.38. The van der Waals surface area contributed by atoms with Gasteiger partial charge in [-0.25, -0.2) is 5.43 Å². The van der Waals surface area contributed by atoms with E-state index in [1.165, 1.54) is 0 Å². The van der Waals surface area contributed by atoms with E-state index in [4.69, 9.17) is 9.47 Å². The number of carbonyl (C=O) groups is 1. The Bertz CT molecular complexity index is 686. The fourth-order valence-electron chi connectivity index (χ4n) is 1.75. The van der Waals surface area contributed by atoms with Gasteiger partial charge in [-0.2, -0.15) is 5.10 Å². The van der Waals surface area contributed by atoms with Gasteiger partial charge in [0, 0.05) is 4.47 Å². The zero-order valence-electron chi connectivity index (χ0n) is 12.8. The molecule has 0 bridgehead atoms. The number of benzene rings is 2. The van der Waals surface area contributed by atoms with Gasteiger partial charge < -0.3 is 9.47 Å². The summed E-state index contributed by atoms with van der Waals surface area (Å²) in [6.07, 6.45) is 0.894.